The van der Waals surface area contributed by atoms with Gasteiger partial charge in [-0.25, -0.2) is 4.98 Å². The Labute approximate surface area is 95.5 Å². The highest BCUT2D eigenvalue weighted by Crippen LogP contribution is 2.21. The highest BCUT2D eigenvalue weighted by atomic mass is 16.1. The Morgan fingerprint density at radius 3 is 2.81 bits per heavy atom. The van der Waals surface area contributed by atoms with Crippen molar-refractivity contribution in [2.45, 2.75) is 19.3 Å². The Morgan fingerprint density at radius 2 is 2.12 bits per heavy atom. The van der Waals surface area contributed by atoms with Crippen molar-refractivity contribution in [3.05, 3.63) is 23.9 Å². The van der Waals surface area contributed by atoms with Crippen LogP contribution in [-0.2, 0) is 0 Å². The van der Waals surface area contributed by atoms with Crippen LogP contribution in [0.25, 0.3) is 0 Å². The highest BCUT2D eigenvalue weighted by Gasteiger charge is 2.18. The van der Waals surface area contributed by atoms with Gasteiger partial charge in [0.1, 0.15) is 5.82 Å². The molecule has 1 aliphatic heterocycles. The Morgan fingerprint density at radius 1 is 1.38 bits per heavy atom. The molecular formula is C12H17N3O. The number of nitrogens with zero attached hydrogens (tertiary/aromatic N) is 2. The van der Waals surface area contributed by atoms with Crippen molar-refractivity contribution in [1.82, 2.24) is 4.98 Å². The van der Waals surface area contributed by atoms with Gasteiger partial charge in [0.25, 0.3) is 0 Å². The van der Waals surface area contributed by atoms with Crippen LogP contribution in [0.3, 0.4) is 0 Å². The maximum Gasteiger partial charge on any atom is 0.180 e. The van der Waals surface area contributed by atoms with Crippen LogP contribution in [0.2, 0.25) is 0 Å². The Hall–Kier alpha value is -1.42. The zero-order chi connectivity index (χ0) is 11.4. The first-order valence-electron chi connectivity index (χ1n) is 5.76. The van der Waals surface area contributed by atoms with E-state index in [9.17, 15) is 4.79 Å². The normalized spacial score (nSPS) is 16.2. The lowest BCUT2D eigenvalue weighted by Crippen LogP contribution is -2.32. The summed E-state index contributed by atoms with van der Waals surface area (Å²) in [7, 11) is 0. The molecule has 0 saturated carbocycles. The molecular weight excluding hydrogens is 202 g/mol. The Bertz CT molecular complexity index is 372. The molecule has 1 fully saturated rings. The van der Waals surface area contributed by atoms with E-state index in [-0.39, 0.29) is 12.3 Å². The molecule has 0 atom stereocenters. The van der Waals surface area contributed by atoms with E-state index in [4.69, 9.17) is 5.73 Å². The fourth-order valence-electron chi connectivity index (χ4n) is 2.08. The third kappa shape index (κ3) is 2.22. The number of Topliss-reactive ketones (excluding diaryl/α,β-unsaturated/α-hetero) is 1. The van der Waals surface area contributed by atoms with E-state index < -0.39 is 0 Å². The van der Waals surface area contributed by atoms with E-state index in [1.807, 2.05) is 6.07 Å². The third-order valence-electron chi connectivity index (χ3n) is 2.93. The van der Waals surface area contributed by atoms with Gasteiger partial charge < -0.3 is 10.6 Å². The fraction of sp³-hybridized carbons (Fsp3) is 0.500. The zero-order valence-electron chi connectivity index (χ0n) is 9.35. The summed E-state index contributed by atoms with van der Waals surface area (Å²) in [6.07, 6.45) is 5.35. The highest BCUT2D eigenvalue weighted by molar-refractivity contribution is 6.01. The van der Waals surface area contributed by atoms with Gasteiger partial charge in [-0.3, -0.25) is 4.79 Å². The first-order valence-corrected chi connectivity index (χ1v) is 5.76. The van der Waals surface area contributed by atoms with Gasteiger partial charge in [-0.1, -0.05) is 0 Å². The molecule has 2 rings (SSSR count). The summed E-state index contributed by atoms with van der Waals surface area (Å²) >= 11 is 0. The van der Waals surface area contributed by atoms with Gasteiger partial charge in [0.05, 0.1) is 12.1 Å². The van der Waals surface area contributed by atoms with Crippen molar-refractivity contribution >= 4 is 11.6 Å². The first kappa shape index (κ1) is 11.1. The molecule has 1 aromatic rings. The first-order chi connectivity index (χ1) is 7.83. The van der Waals surface area contributed by atoms with Gasteiger partial charge in [-0.05, 0) is 31.4 Å². The third-order valence-corrected chi connectivity index (χ3v) is 2.93. The van der Waals surface area contributed by atoms with E-state index in [0.29, 0.717) is 5.56 Å². The molecule has 1 saturated heterocycles. The predicted octanol–water partition coefficient (Wildman–Crippen LogP) is 1.21. The van der Waals surface area contributed by atoms with Gasteiger partial charge >= 0.3 is 0 Å². The second-order valence-corrected chi connectivity index (χ2v) is 4.05. The minimum atomic E-state index is -0.0336. The maximum absolute atomic E-state index is 11.7. The second kappa shape index (κ2) is 5.07. The Kier molecular flexibility index (Phi) is 3.51. The van der Waals surface area contributed by atoms with Gasteiger partial charge in [0, 0.05) is 19.3 Å². The molecule has 2 heterocycles. The molecule has 0 unspecified atom stereocenters. The van der Waals surface area contributed by atoms with E-state index in [1.54, 1.807) is 12.3 Å². The standard InChI is InChI=1S/C12H17N3O/c13-9-11(16)10-5-4-6-14-12(10)15-7-2-1-3-8-15/h4-6H,1-3,7-9,13H2. The summed E-state index contributed by atoms with van der Waals surface area (Å²) < 4.78 is 0. The smallest absolute Gasteiger partial charge is 0.180 e. The lowest BCUT2D eigenvalue weighted by Gasteiger charge is -2.28. The van der Waals surface area contributed by atoms with Crippen LogP contribution in [0, 0.1) is 0 Å². The molecule has 0 amide bonds. The van der Waals surface area contributed by atoms with Crippen molar-refractivity contribution in [1.29, 1.82) is 0 Å². The van der Waals surface area contributed by atoms with Crippen LogP contribution in [-0.4, -0.2) is 30.4 Å². The van der Waals surface area contributed by atoms with E-state index in [2.05, 4.69) is 9.88 Å². The molecule has 4 nitrogen and oxygen atoms in total. The molecule has 0 aromatic carbocycles. The number of carbonyl (C=O) groups is 1. The van der Waals surface area contributed by atoms with Gasteiger partial charge in [-0.15, -0.1) is 0 Å². The number of nitrogens with two attached hydrogens (primary N) is 1. The van der Waals surface area contributed by atoms with Gasteiger partial charge in [0.2, 0.25) is 0 Å². The summed E-state index contributed by atoms with van der Waals surface area (Å²) in [5, 5.41) is 0. The monoisotopic (exact) mass is 219 g/mol. The number of hydrogen-bond donors (Lipinski definition) is 1. The number of anilines is 1. The number of aromatic nitrogens is 1. The van der Waals surface area contributed by atoms with Crippen LogP contribution < -0.4 is 10.6 Å². The van der Waals surface area contributed by atoms with Crippen molar-refractivity contribution in [3.8, 4) is 0 Å². The summed E-state index contributed by atoms with van der Waals surface area (Å²) in [4.78, 5) is 18.2. The minimum Gasteiger partial charge on any atom is -0.356 e. The molecule has 86 valence electrons. The number of carbonyl (C=O) groups excluding carboxylic acids is 1. The average Bonchev–Trinajstić information content (AvgIpc) is 2.39. The predicted molar refractivity (Wildman–Crippen MR) is 63.7 cm³/mol. The number of piperidine rings is 1. The molecule has 1 aliphatic rings. The van der Waals surface area contributed by atoms with Crippen molar-refractivity contribution < 1.29 is 4.79 Å². The topological polar surface area (TPSA) is 59.2 Å². The van der Waals surface area contributed by atoms with E-state index in [1.165, 1.54) is 19.3 Å². The lowest BCUT2D eigenvalue weighted by molar-refractivity contribution is 0.100. The molecule has 1 aromatic heterocycles. The maximum atomic E-state index is 11.7. The van der Waals surface area contributed by atoms with E-state index in [0.717, 1.165) is 18.9 Å². The quantitative estimate of drug-likeness (QED) is 0.776. The van der Waals surface area contributed by atoms with Crippen LogP contribution in [0.15, 0.2) is 18.3 Å². The van der Waals surface area contributed by atoms with Crippen LogP contribution in [0.4, 0.5) is 5.82 Å². The molecule has 2 N–H and O–H groups in total. The molecule has 0 bridgehead atoms. The molecule has 0 spiro atoms. The summed E-state index contributed by atoms with van der Waals surface area (Å²) in [5.41, 5.74) is 6.07. The van der Waals surface area contributed by atoms with Crippen LogP contribution >= 0.6 is 0 Å². The molecule has 4 heteroatoms. The second-order valence-electron chi connectivity index (χ2n) is 4.05. The largest absolute Gasteiger partial charge is 0.356 e. The van der Waals surface area contributed by atoms with Crippen molar-refractivity contribution in [2.24, 2.45) is 5.73 Å². The molecule has 0 aliphatic carbocycles. The molecule has 16 heavy (non-hydrogen) atoms. The van der Waals surface area contributed by atoms with Gasteiger partial charge in [-0.2, -0.15) is 0 Å². The summed E-state index contributed by atoms with van der Waals surface area (Å²) in [5.74, 6) is 0.770. The number of rotatable bonds is 3. The zero-order valence-corrected chi connectivity index (χ0v) is 9.35. The molecule has 0 radical (unpaired) electrons. The van der Waals surface area contributed by atoms with E-state index >= 15 is 0 Å². The van der Waals surface area contributed by atoms with Crippen LogP contribution in [0.1, 0.15) is 29.6 Å². The number of ketones is 1. The fourth-order valence-corrected chi connectivity index (χ4v) is 2.08. The number of pyridine rings is 1. The SMILES string of the molecule is NCC(=O)c1cccnc1N1CCCCC1. The minimum absolute atomic E-state index is 0.0336. The average molecular weight is 219 g/mol. The van der Waals surface area contributed by atoms with Gasteiger partial charge in [0.15, 0.2) is 5.78 Å². The Balaban J connectivity index is 2.28. The van der Waals surface area contributed by atoms with Crippen molar-refractivity contribution in [3.63, 3.8) is 0 Å². The lowest BCUT2D eigenvalue weighted by atomic mass is 10.1. The van der Waals surface area contributed by atoms with Crippen LogP contribution in [0.5, 0.6) is 0 Å². The summed E-state index contributed by atoms with van der Waals surface area (Å²) in [6.45, 7) is 2.02. The summed E-state index contributed by atoms with van der Waals surface area (Å²) in [6, 6.07) is 3.60. The van der Waals surface area contributed by atoms with Crippen molar-refractivity contribution in [2.75, 3.05) is 24.5 Å². The number of hydrogen-bond acceptors (Lipinski definition) is 4.